The van der Waals surface area contributed by atoms with E-state index in [2.05, 4.69) is 20.3 Å². The molecule has 3 rings (SSSR count). The van der Waals surface area contributed by atoms with Crippen molar-refractivity contribution in [2.24, 2.45) is 0 Å². The highest BCUT2D eigenvalue weighted by molar-refractivity contribution is 7.99. The molecule has 0 bridgehead atoms. The Labute approximate surface area is 213 Å². The standard InChI is InChI=1S/C23H23F3N4O6S/c24-23(25,26)15-5-7-16(8-6-15)27-19(31)11-12-20(32)35-13-3-1-2-4-14-37-18-10-9-17(30(33)34)21-22(18)29-36-28-21/h5-10H,1-4,11-14H2,(H,27,31). The number of carbonyl (C=O) groups excluding carboxylic acids is 2. The van der Waals surface area contributed by atoms with Gasteiger partial charge in [-0.15, -0.1) is 11.8 Å². The monoisotopic (exact) mass is 540 g/mol. The van der Waals surface area contributed by atoms with Crippen molar-refractivity contribution in [3.8, 4) is 0 Å². The lowest BCUT2D eigenvalue weighted by molar-refractivity contribution is -0.383. The second-order valence-corrected chi connectivity index (χ2v) is 9.04. The summed E-state index contributed by atoms with van der Waals surface area (Å²) in [6.45, 7) is 0.222. The van der Waals surface area contributed by atoms with Gasteiger partial charge >= 0.3 is 17.8 Å². The number of non-ortho nitro benzene ring substituents is 1. The van der Waals surface area contributed by atoms with Crippen molar-refractivity contribution in [2.75, 3.05) is 17.7 Å². The van der Waals surface area contributed by atoms with E-state index < -0.39 is 28.5 Å². The number of rotatable bonds is 13. The van der Waals surface area contributed by atoms with Gasteiger partial charge in [-0.3, -0.25) is 19.7 Å². The number of ether oxygens (including phenoxy) is 1. The SMILES string of the molecule is O=C(CCC(=O)OCCCCCCSc1ccc([N+](=O)[O-])c2nonc12)Nc1ccc(C(F)(F)F)cc1. The van der Waals surface area contributed by atoms with Crippen LogP contribution in [0.25, 0.3) is 11.0 Å². The van der Waals surface area contributed by atoms with Crippen LogP contribution in [0.15, 0.2) is 45.9 Å². The van der Waals surface area contributed by atoms with E-state index in [1.165, 1.54) is 17.8 Å². The fourth-order valence-corrected chi connectivity index (χ4v) is 4.28. The Hall–Kier alpha value is -3.68. The molecule has 3 aromatic rings. The summed E-state index contributed by atoms with van der Waals surface area (Å²) in [7, 11) is 0. The molecule has 0 saturated heterocycles. The van der Waals surface area contributed by atoms with Crippen molar-refractivity contribution < 1.29 is 37.0 Å². The first kappa shape index (κ1) is 27.9. The van der Waals surface area contributed by atoms with Crippen LogP contribution in [0.5, 0.6) is 0 Å². The molecule has 0 saturated carbocycles. The number of benzene rings is 2. The third kappa shape index (κ3) is 8.44. The van der Waals surface area contributed by atoms with Crippen molar-refractivity contribution in [2.45, 2.75) is 49.6 Å². The maximum Gasteiger partial charge on any atom is 0.416 e. The van der Waals surface area contributed by atoms with Crippen LogP contribution >= 0.6 is 11.8 Å². The van der Waals surface area contributed by atoms with E-state index in [4.69, 9.17) is 4.74 Å². The number of hydrogen-bond donors (Lipinski definition) is 1. The summed E-state index contributed by atoms with van der Waals surface area (Å²) in [6.07, 6.45) is -1.51. The lowest BCUT2D eigenvalue weighted by Crippen LogP contribution is -2.15. The maximum atomic E-state index is 12.6. The van der Waals surface area contributed by atoms with Gasteiger partial charge in [0.05, 0.1) is 23.5 Å². The number of nitrogens with zero attached hydrogens (tertiary/aromatic N) is 3. The van der Waals surface area contributed by atoms with E-state index in [-0.39, 0.29) is 36.3 Å². The average molecular weight is 541 g/mol. The number of unbranched alkanes of at least 4 members (excludes halogenated alkanes) is 3. The number of carbonyl (C=O) groups is 2. The summed E-state index contributed by atoms with van der Waals surface area (Å²) in [5, 5.41) is 20.8. The van der Waals surface area contributed by atoms with E-state index in [0.717, 1.165) is 54.2 Å². The number of amides is 1. The second kappa shape index (κ2) is 13.0. The normalized spacial score (nSPS) is 11.4. The molecule has 0 atom stereocenters. The number of nitro groups is 1. The van der Waals surface area contributed by atoms with Gasteiger partial charge in [0.2, 0.25) is 11.4 Å². The first-order valence-electron chi connectivity index (χ1n) is 11.3. The zero-order chi connectivity index (χ0) is 26.8. The van der Waals surface area contributed by atoms with Crippen LogP contribution in [-0.2, 0) is 20.5 Å². The number of anilines is 1. The summed E-state index contributed by atoms with van der Waals surface area (Å²) in [5.74, 6) is -0.268. The van der Waals surface area contributed by atoms with Crippen LogP contribution < -0.4 is 5.32 Å². The molecule has 1 amide bonds. The number of hydrogen-bond acceptors (Lipinski definition) is 9. The van der Waals surface area contributed by atoms with Crippen LogP contribution in [0.3, 0.4) is 0 Å². The predicted molar refractivity (Wildman–Crippen MR) is 128 cm³/mol. The van der Waals surface area contributed by atoms with E-state index in [1.54, 1.807) is 6.07 Å². The minimum absolute atomic E-state index is 0.119. The molecule has 0 spiro atoms. The molecule has 37 heavy (non-hydrogen) atoms. The Bertz CT molecular complexity index is 1230. The van der Waals surface area contributed by atoms with Crippen LogP contribution in [0.4, 0.5) is 24.5 Å². The van der Waals surface area contributed by atoms with E-state index in [1.807, 2.05) is 0 Å². The van der Waals surface area contributed by atoms with Crippen molar-refractivity contribution in [3.05, 3.63) is 52.1 Å². The Kier molecular flexibility index (Phi) is 9.83. The molecule has 0 aliphatic rings. The number of fused-ring (bicyclic) bond motifs is 1. The minimum atomic E-state index is -4.45. The lowest BCUT2D eigenvalue weighted by Gasteiger charge is -2.09. The summed E-state index contributed by atoms with van der Waals surface area (Å²) in [6, 6.07) is 7.03. The molecule has 1 aromatic heterocycles. The topological polar surface area (TPSA) is 137 Å². The fraction of sp³-hybridized carbons (Fsp3) is 0.391. The Morgan fingerprint density at radius 1 is 1.00 bits per heavy atom. The van der Waals surface area contributed by atoms with E-state index in [0.29, 0.717) is 11.9 Å². The molecule has 0 unspecified atom stereocenters. The second-order valence-electron chi connectivity index (χ2n) is 7.91. The first-order valence-corrected chi connectivity index (χ1v) is 12.3. The number of alkyl halides is 3. The zero-order valence-electron chi connectivity index (χ0n) is 19.5. The number of nitro benzene ring substituents is 1. The van der Waals surface area contributed by atoms with Gasteiger partial charge in [0.15, 0.2) is 5.52 Å². The highest BCUT2D eigenvalue weighted by atomic mass is 32.2. The molecule has 14 heteroatoms. The quantitative estimate of drug-likeness (QED) is 0.0942. The highest BCUT2D eigenvalue weighted by Gasteiger charge is 2.30. The maximum absolute atomic E-state index is 12.6. The van der Waals surface area contributed by atoms with Crippen molar-refractivity contribution in [1.82, 2.24) is 10.3 Å². The number of esters is 1. The molecule has 10 nitrogen and oxygen atoms in total. The van der Waals surface area contributed by atoms with Crippen LogP contribution in [0.2, 0.25) is 0 Å². The number of aromatic nitrogens is 2. The number of nitrogens with one attached hydrogen (secondary N) is 1. The first-order chi connectivity index (χ1) is 17.6. The molecular weight excluding hydrogens is 517 g/mol. The molecule has 0 fully saturated rings. The highest BCUT2D eigenvalue weighted by Crippen LogP contribution is 2.32. The third-order valence-electron chi connectivity index (χ3n) is 5.17. The molecule has 198 valence electrons. The van der Waals surface area contributed by atoms with Crippen molar-refractivity contribution in [3.63, 3.8) is 0 Å². The largest absolute Gasteiger partial charge is 0.466 e. The van der Waals surface area contributed by atoms with Gasteiger partial charge in [0, 0.05) is 23.1 Å². The summed E-state index contributed by atoms with van der Waals surface area (Å²) < 4.78 is 47.5. The van der Waals surface area contributed by atoms with E-state index >= 15 is 0 Å². The van der Waals surface area contributed by atoms with Crippen molar-refractivity contribution >= 4 is 46.0 Å². The van der Waals surface area contributed by atoms with Crippen LogP contribution in [0.1, 0.15) is 44.1 Å². The van der Waals surface area contributed by atoms with Crippen LogP contribution in [-0.4, -0.2) is 39.5 Å². The van der Waals surface area contributed by atoms with Gasteiger partial charge in [0.25, 0.3) is 0 Å². The number of halogens is 3. The summed E-state index contributed by atoms with van der Waals surface area (Å²) in [5.41, 5.74) is -0.286. The molecule has 2 aromatic carbocycles. The number of thioether (sulfide) groups is 1. The Morgan fingerprint density at radius 2 is 1.70 bits per heavy atom. The zero-order valence-corrected chi connectivity index (χ0v) is 20.3. The van der Waals surface area contributed by atoms with Gasteiger partial charge in [0.1, 0.15) is 0 Å². The smallest absolute Gasteiger partial charge is 0.416 e. The lowest BCUT2D eigenvalue weighted by atomic mass is 10.2. The molecule has 0 radical (unpaired) electrons. The molecule has 0 aliphatic carbocycles. The molecular formula is C23H23F3N4O6S. The van der Waals surface area contributed by atoms with Gasteiger partial charge in [-0.2, -0.15) is 13.2 Å². The predicted octanol–water partition coefficient (Wildman–Crippen LogP) is 5.76. The molecule has 1 N–H and O–H groups in total. The van der Waals surface area contributed by atoms with E-state index in [9.17, 15) is 32.9 Å². The fourth-order valence-electron chi connectivity index (χ4n) is 3.27. The molecule has 1 heterocycles. The summed E-state index contributed by atoms with van der Waals surface area (Å²) >= 11 is 1.50. The summed E-state index contributed by atoms with van der Waals surface area (Å²) in [4.78, 5) is 34.9. The minimum Gasteiger partial charge on any atom is -0.466 e. The van der Waals surface area contributed by atoms with Crippen LogP contribution in [0, 0.1) is 10.1 Å². The van der Waals surface area contributed by atoms with Gasteiger partial charge in [-0.05, 0) is 59.2 Å². The average Bonchev–Trinajstić information content (AvgIpc) is 3.34. The molecule has 0 aliphatic heterocycles. The third-order valence-corrected chi connectivity index (χ3v) is 6.30. The van der Waals surface area contributed by atoms with Crippen molar-refractivity contribution in [1.29, 1.82) is 0 Å². The van der Waals surface area contributed by atoms with Gasteiger partial charge in [-0.1, -0.05) is 12.8 Å². The Morgan fingerprint density at radius 3 is 2.41 bits per heavy atom. The van der Waals surface area contributed by atoms with Gasteiger partial charge < -0.3 is 10.1 Å². The van der Waals surface area contributed by atoms with Gasteiger partial charge in [-0.25, -0.2) is 4.63 Å². The Balaban J connectivity index is 1.24.